The highest BCUT2D eigenvalue weighted by Gasteiger charge is 2.24. The van der Waals surface area contributed by atoms with Crippen LogP contribution >= 0.6 is 0 Å². The summed E-state index contributed by atoms with van der Waals surface area (Å²) in [5, 5.41) is 1.12. The smallest absolute Gasteiger partial charge is 0.211 e. The Labute approximate surface area is 150 Å². The van der Waals surface area contributed by atoms with Crippen molar-refractivity contribution < 1.29 is 9.38 Å². The van der Waals surface area contributed by atoms with Gasteiger partial charge in [0.15, 0.2) is 6.21 Å². The van der Waals surface area contributed by atoms with Gasteiger partial charge in [-0.3, -0.25) is 0 Å². The molecule has 0 radical (unpaired) electrons. The molecule has 0 atom stereocenters. The second-order valence-corrected chi connectivity index (χ2v) is 6.38. The largest absolute Gasteiger partial charge is 0.361 e. The van der Waals surface area contributed by atoms with Crippen LogP contribution in [0.3, 0.4) is 0 Å². The molecule has 0 bridgehead atoms. The highest BCUT2D eigenvalue weighted by Crippen LogP contribution is 2.37. The summed E-state index contributed by atoms with van der Waals surface area (Å²) in [4.78, 5) is 6.68. The Bertz CT molecular complexity index is 1200. The van der Waals surface area contributed by atoms with E-state index in [2.05, 4.69) is 34.2 Å². The summed E-state index contributed by atoms with van der Waals surface area (Å²) in [6, 6.07) is 23.2. The Kier molecular flexibility index (Phi) is 3.32. The van der Waals surface area contributed by atoms with Gasteiger partial charge < -0.3 is 4.98 Å². The average Bonchev–Trinajstić information content (AvgIpc) is 3.28. The van der Waals surface area contributed by atoms with E-state index in [4.69, 9.17) is 0 Å². The molecule has 2 nitrogen and oxygen atoms in total. The Morgan fingerprint density at radius 1 is 0.885 bits per heavy atom. The van der Waals surface area contributed by atoms with Crippen molar-refractivity contribution in [1.29, 1.82) is 0 Å². The zero-order valence-electron chi connectivity index (χ0n) is 14.0. The molecule has 4 aromatic rings. The summed E-state index contributed by atoms with van der Waals surface area (Å²) < 4.78 is 14.0. The number of aromatic nitrogens is 1. The number of allylic oxidation sites excluding steroid dienone is 1. The minimum Gasteiger partial charge on any atom is -0.361 e. The van der Waals surface area contributed by atoms with E-state index < -0.39 is 0 Å². The van der Waals surface area contributed by atoms with Gasteiger partial charge in [0.25, 0.3) is 0 Å². The van der Waals surface area contributed by atoms with Gasteiger partial charge >= 0.3 is 0 Å². The standard InChI is InChI=1S/C23H15FN2/c24-16-7-5-6-15(12-16)23(19-13-25-21-10-3-1-8-17(19)21)20-14-26-22-11-4-2-9-18(20)22/h1-14,25H/p+1/b23-20+. The molecule has 2 heterocycles. The summed E-state index contributed by atoms with van der Waals surface area (Å²) in [7, 11) is 0. The first-order valence-electron chi connectivity index (χ1n) is 8.57. The predicted molar refractivity (Wildman–Crippen MR) is 104 cm³/mol. The highest BCUT2D eigenvalue weighted by atomic mass is 19.1. The van der Waals surface area contributed by atoms with E-state index >= 15 is 0 Å². The summed E-state index contributed by atoms with van der Waals surface area (Å²) in [5.74, 6) is -0.236. The van der Waals surface area contributed by atoms with E-state index in [1.165, 1.54) is 6.07 Å². The van der Waals surface area contributed by atoms with Gasteiger partial charge in [-0.25, -0.2) is 9.38 Å². The fourth-order valence-corrected chi connectivity index (χ4v) is 3.66. The zero-order chi connectivity index (χ0) is 17.5. The molecule has 1 aromatic heterocycles. The van der Waals surface area contributed by atoms with Gasteiger partial charge in [-0.05, 0) is 29.8 Å². The number of H-pyrrole nitrogens is 1. The van der Waals surface area contributed by atoms with E-state index in [0.29, 0.717) is 0 Å². The minimum absolute atomic E-state index is 0.236. The highest BCUT2D eigenvalue weighted by molar-refractivity contribution is 6.24. The van der Waals surface area contributed by atoms with Crippen LogP contribution in [0.2, 0.25) is 0 Å². The van der Waals surface area contributed by atoms with Gasteiger partial charge in [-0.1, -0.05) is 42.5 Å². The molecule has 3 heteroatoms. The lowest BCUT2D eigenvalue weighted by Gasteiger charge is -2.10. The van der Waals surface area contributed by atoms with Crippen molar-refractivity contribution in [2.75, 3.05) is 0 Å². The third-order valence-corrected chi connectivity index (χ3v) is 4.83. The second-order valence-electron chi connectivity index (χ2n) is 6.38. The molecular formula is C23H16FN2+. The van der Waals surface area contributed by atoms with Crippen LogP contribution in [0.5, 0.6) is 0 Å². The van der Waals surface area contributed by atoms with Gasteiger partial charge in [-0.15, -0.1) is 0 Å². The maximum Gasteiger partial charge on any atom is 0.211 e. The van der Waals surface area contributed by atoms with Crippen molar-refractivity contribution >= 4 is 34.0 Å². The van der Waals surface area contributed by atoms with Gasteiger partial charge in [0.05, 0.1) is 11.1 Å². The van der Waals surface area contributed by atoms with Gasteiger partial charge in [-0.2, -0.15) is 0 Å². The summed E-state index contributed by atoms with van der Waals surface area (Å²) >= 11 is 0. The second kappa shape index (κ2) is 5.81. The predicted octanol–water partition coefficient (Wildman–Crippen LogP) is 4.06. The topological polar surface area (TPSA) is 29.8 Å². The Morgan fingerprint density at radius 3 is 2.65 bits per heavy atom. The van der Waals surface area contributed by atoms with E-state index in [-0.39, 0.29) is 5.82 Å². The minimum atomic E-state index is -0.236. The lowest BCUT2D eigenvalue weighted by Crippen LogP contribution is -2.58. The molecule has 0 saturated heterocycles. The quantitative estimate of drug-likeness (QED) is 0.552. The van der Waals surface area contributed by atoms with Gasteiger partial charge in [0.1, 0.15) is 5.82 Å². The Morgan fingerprint density at radius 2 is 1.73 bits per heavy atom. The van der Waals surface area contributed by atoms with Gasteiger partial charge in [0.2, 0.25) is 5.69 Å². The fourth-order valence-electron chi connectivity index (χ4n) is 3.66. The Balaban J connectivity index is 1.86. The molecule has 0 fully saturated rings. The van der Waals surface area contributed by atoms with Crippen LogP contribution in [0.4, 0.5) is 10.1 Å². The first-order valence-corrected chi connectivity index (χ1v) is 8.57. The SMILES string of the molecule is Fc1cccc(/C(=C2/C=[NH+]c3ccccc32)c2c[nH]c3ccccc23)c1. The summed E-state index contributed by atoms with van der Waals surface area (Å²) in [5.41, 5.74) is 7.26. The van der Waals surface area contributed by atoms with Crippen LogP contribution in [0.15, 0.2) is 79.0 Å². The first kappa shape index (κ1) is 14.8. The molecule has 1 aliphatic rings. The third-order valence-electron chi connectivity index (χ3n) is 4.83. The molecule has 3 aromatic carbocycles. The van der Waals surface area contributed by atoms with Crippen LogP contribution in [0, 0.1) is 5.82 Å². The molecule has 124 valence electrons. The number of para-hydroxylation sites is 2. The Hall–Kier alpha value is -3.46. The number of hydrogen-bond donors (Lipinski definition) is 2. The molecule has 0 saturated carbocycles. The van der Waals surface area contributed by atoms with Crippen LogP contribution < -0.4 is 4.99 Å². The lowest BCUT2D eigenvalue weighted by atomic mass is 9.90. The number of rotatable bonds is 2. The van der Waals surface area contributed by atoms with E-state index in [1.807, 2.05) is 42.7 Å². The molecule has 2 N–H and O–H groups in total. The summed E-state index contributed by atoms with van der Waals surface area (Å²) in [6.45, 7) is 0. The van der Waals surface area contributed by atoms with Crippen LogP contribution in [-0.4, -0.2) is 11.2 Å². The van der Waals surface area contributed by atoms with Crippen LogP contribution in [-0.2, 0) is 0 Å². The molecule has 0 unspecified atom stereocenters. The molecule has 26 heavy (non-hydrogen) atoms. The van der Waals surface area contributed by atoms with E-state index in [9.17, 15) is 4.39 Å². The van der Waals surface area contributed by atoms with Crippen molar-refractivity contribution in [3.8, 4) is 0 Å². The number of aromatic amines is 1. The van der Waals surface area contributed by atoms with Crippen molar-refractivity contribution in [2.24, 2.45) is 0 Å². The maximum absolute atomic E-state index is 14.0. The number of benzene rings is 3. The molecular weight excluding hydrogens is 323 g/mol. The van der Waals surface area contributed by atoms with Crippen molar-refractivity contribution in [3.63, 3.8) is 0 Å². The molecule has 0 spiro atoms. The molecule has 0 amide bonds. The average molecular weight is 339 g/mol. The number of fused-ring (bicyclic) bond motifs is 2. The first-order chi connectivity index (χ1) is 12.8. The fraction of sp³-hybridized carbons (Fsp3) is 0. The van der Waals surface area contributed by atoms with Crippen molar-refractivity contribution in [1.82, 2.24) is 4.98 Å². The summed E-state index contributed by atoms with van der Waals surface area (Å²) in [6.07, 6.45) is 4.01. The van der Waals surface area contributed by atoms with Crippen molar-refractivity contribution in [2.45, 2.75) is 0 Å². The van der Waals surface area contributed by atoms with E-state index in [1.54, 1.807) is 12.1 Å². The third kappa shape index (κ3) is 2.29. The number of halogens is 1. The molecule has 0 aliphatic carbocycles. The van der Waals surface area contributed by atoms with E-state index in [0.717, 1.165) is 44.4 Å². The monoisotopic (exact) mass is 339 g/mol. The van der Waals surface area contributed by atoms with Crippen LogP contribution in [0.25, 0.3) is 22.0 Å². The van der Waals surface area contributed by atoms with Crippen molar-refractivity contribution in [3.05, 3.63) is 102 Å². The van der Waals surface area contributed by atoms with Gasteiger partial charge in [0, 0.05) is 34.3 Å². The number of nitrogens with one attached hydrogen (secondary N) is 2. The molecule has 5 rings (SSSR count). The number of hydrogen-bond acceptors (Lipinski definition) is 0. The molecule has 1 aliphatic heterocycles. The zero-order valence-corrected chi connectivity index (χ0v) is 14.0. The maximum atomic E-state index is 14.0. The normalized spacial score (nSPS) is 14.7. The lowest BCUT2D eigenvalue weighted by molar-refractivity contribution is -0.342. The van der Waals surface area contributed by atoms with Crippen LogP contribution in [0.1, 0.15) is 16.7 Å².